The van der Waals surface area contributed by atoms with Gasteiger partial charge >= 0.3 is 5.97 Å². The number of rotatable bonds is 3. The van der Waals surface area contributed by atoms with Crippen molar-refractivity contribution in [3.05, 3.63) is 47.2 Å². The molecule has 1 aromatic carbocycles. The van der Waals surface area contributed by atoms with Gasteiger partial charge in [-0.1, -0.05) is 30.3 Å². The average Bonchev–Trinajstić information content (AvgIpc) is 2.65. The molecule has 0 atom stereocenters. The third-order valence-corrected chi connectivity index (χ3v) is 2.74. The fourth-order valence-corrected chi connectivity index (χ4v) is 1.85. The van der Waals surface area contributed by atoms with Crippen LogP contribution < -0.4 is 0 Å². The van der Waals surface area contributed by atoms with E-state index in [9.17, 15) is 14.7 Å². The Bertz CT molecular complexity index is 507. The summed E-state index contributed by atoms with van der Waals surface area (Å²) in [5, 5.41) is 9.63. The third kappa shape index (κ3) is 2.20. The van der Waals surface area contributed by atoms with Crippen molar-refractivity contribution in [3.63, 3.8) is 0 Å². The average molecular weight is 247 g/mol. The second kappa shape index (κ2) is 4.91. The molecule has 1 aliphatic rings. The van der Waals surface area contributed by atoms with E-state index in [0.29, 0.717) is 6.54 Å². The lowest BCUT2D eigenvalue weighted by atomic mass is 10.2. The van der Waals surface area contributed by atoms with Gasteiger partial charge < -0.3 is 14.7 Å². The molecule has 0 aliphatic carbocycles. The van der Waals surface area contributed by atoms with Crippen molar-refractivity contribution >= 4 is 11.9 Å². The predicted octanol–water partition coefficient (Wildman–Crippen LogP) is 1.01. The fraction of sp³-hybridized carbons (Fsp3) is 0.231. The Morgan fingerprint density at radius 1 is 1.39 bits per heavy atom. The van der Waals surface area contributed by atoms with Crippen LogP contribution in [0.5, 0.6) is 0 Å². The Hall–Kier alpha value is -2.30. The minimum atomic E-state index is -0.798. The number of hydrogen-bond donors (Lipinski definition) is 1. The van der Waals surface area contributed by atoms with E-state index in [4.69, 9.17) is 0 Å². The largest absolute Gasteiger partial charge is 0.509 e. The Kier molecular flexibility index (Phi) is 3.32. The minimum Gasteiger partial charge on any atom is -0.509 e. The molecular weight excluding hydrogens is 234 g/mol. The molecule has 0 spiro atoms. The number of amides is 1. The van der Waals surface area contributed by atoms with Crippen LogP contribution in [-0.4, -0.2) is 35.5 Å². The molecule has 18 heavy (non-hydrogen) atoms. The second-order valence-corrected chi connectivity index (χ2v) is 3.96. The highest BCUT2D eigenvalue weighted by Gasteiger charge is 2.35. The number of methoxy groups -OCH3 is 1. The van der Waals surface area contributed by atoms with Crippen LogP contribution in [0.1, 0.15) is 5.56 Å². The maximum absolute atomic E-state index is 11.9. The van der Waals surface area contributed by atoms with Crippen LogP contribution in [0.2, 0.25) is 0 Å². The number of esters is 1. The standard InChI is InChI=1S/C13H13NO4/c1-18-13(17)11-10(15)8-14(12(11)16)7-9-5-3-2-4-6-9/h2-6,15H,7-8H2,1H3. The summed E-state index contributed by atoms with van der Waals surface area (Å²) in [4.78, 5) is 24.7. The van der Waals surface area contributed by atoms with Gasteiger partial charge in [-0.25, -0.2) is 4.79 Å². The van der Waals surface area contributed by atoms with E-state index in [1.165, 1.54) is 12.0 Å². The van der Waals surface area contributed by atoms with Crippen molar-refractivity contribution < 1.29 is 19.4 Å². The monoisotopic (exact) mass is 247 g/mol. The molecule has 1 aliphatic heterocycles. The van der Waals surface area contributed by atoms with Crippen LogP contribution in [-0.2, 0) is 20.9 Å². The number of ether oxygens (including phenoxy) is 1. The molecule has 5 heteroatoms. The highest BCUT2D eigenvalue weighted by molar-refractivity contribution is 6.18. The summed E-state index contributed by atoms with van der Waals surface area (Å²) in [7, 11) is 1.18. The first-order valence-electron chi connectivity index (χ1n) is 5.47. The summed E-state index contributed by atoms with van der Waals surface area (Å²) in [6.45, 7) is 0.391. The quantitative estimate of drug-likeness (QED) is 0.639. The number of carbonyl (C=O) groups excluding carboxylic acids is 2. The van der Waals surface area contributed by atoms with Crippen molar-refractivity contribution in [1.29, 1.82) is 0 Å². The zero-order valence-corrected chi connectivity index (χ0v) is 9.92. The van der Waals surface area contributed by atoms with Crippen molar-refractivity contribution in [3.8, 4) is 0 Å². The topological polar surface area (TPSA) is 66.8 Å². The molecule has 94 valence electrons. The number of hydrogen-bond acceptors (Lipinski definition) is 4. The molecule has 0 radical (unpaired) electrons. The normalized spacial score (nSPS) is 15.2. The Morgan fingerprint density at radius 2 is 2.06 bits per heavy atom. The maximum Gasteiger partial charge on any atom is 0.347 e. The van der Waals surface area contributed by atoms with Crippen LogP contribution >= 0.6 is 0 Å². The highest BCUT2D eigenvalue weighted by atomic mass is 16.5. The smallest absolute Gasteiger partial charge is 0.347 e. The Balaban J connectivity index is 2.13. The van der Waals surface area contributed by atoms with Crippen LogP contribution in [0.4, 0.5) is 0 Å². The zero-order valence-electron chi connectivity index (χ0n) is 9.92. The lowest BCUT2D eigenvalue weighted by Gasteiger charge is -2.15. The van der Waals surface area contributed by atoms with Gasteiger partial charge in [-0.15, -0.1) is 0 Å². The summed E-state index contributed by atoms with van der Waals surface area (Å²) in [6.07, 6.45) is 0. The number of carbonyl (C=O) groups is 2. The van der Waals surface area contributed by atoms with Gasteiger partial charge in [0.05, 0.1) is 13.7 Å². The van der Waals surface area contributed by atoms with E-state index >= 15 is 0 Å². The molecule has 1 heterocycles. The number of benzene rings is 1. The van der Waals surface area contributed by atoms with Gasteiger partial charge in [0.1, 0.15) is 5.76 Å². The molecule has 0 saturated carbocycles. The number of aliphatic hydroxyl groups excluding tert-OH is 1. The van der Waals surface area contributed by atoms with Gasteiger partial charge in [-0.3, -0.25) is 4.79 Å². The van der Waals surface area contributed by atoms with Crippen LogP contribution in [0.25, 0.3) is 0 Å². The van der Waals surface area contributed by atoms with E-state index in [1.807, 2.05) is 30.3 Å². The fourth-order valence-electron chi connectivity index (χ4n) is 1.85. The molecular formula is C13H13NO4. The van der Waals surface area contributed by atoms with E-state index < -0.39 is 11.9 Å². The predicted molar refractivity (Wildman–Crippen MR) is 63.5 cm³/mol. The molecule has 1 aromatic rings. The molecule has 0 aromatic heterocycles. The van der Waals surface area contributed by atoms with Crippen molar-refractivity contribution in [2.45, 2.75) is 6.54 Å². The van der Waals surface area contributed by atoms with Gasteiger partial charge in [-0.05, 0) is 5.56 Å². The first-order valence-corrected chi connectivity index (χ1v) is 5.47. The van der Waals surface area contributed by atoms with Crippen LogP contribution in [0.15, 0.2) is 41.7 Å². The van der Waals surface area contributed by atoms with Crippen LogP contribution in [0.3, 0.4) is 0 Å². The van der Waals surface area contributed by atoms with Gasteiger partial charge in [0.2, 0.25) is 0 Å². The van der Waals surface area contributed by atoms with Gasteiger partial charge in [0.25, 0.3) is 5.91 Å². The van der Waals surface area contributed by atoms with E-state index in [1.54, 1.807) is 0 Å². The summed E-state index contributed by atoms with van der Waals surface area (Å²) in [5.74, 6) is -1.53. The molecule has 1 N–H and O–H groups in total. The molecule has 0 bridgehead atoms. The van der Waals surface area contributed by atoms with Gasteiger partial charge in [-0.2, -0.15) is 0 Å². The highest BCUT2D eigenvalue weighted by Crippen LogP contribution is 2.20. The summed E-state index contributed by atoms with van der Waals surface area (Å²) < 4.78 is 4.47. The van der Waals surface area contributed by atoms with Gasteiger partial charge in [0, 0.05) is 6.54 Å². The van der Waals surface area contributed by atoms with Crippen molar-refractivity contribution in [2.24, 2.45) is 0 Å². The molecule has 0 unspecified atom stereocenters. The molecule has 2 rings (SSSR count). The molecule has 0 fully saturated rings. The number of nitrogens with zero attached hydrogens (tertiary/aromatic N) is 1. The van der Waals surface area contributed by atoms with Crippen molar-refractivity contribution in [1.82, 2.24) is 4.90 Å². The van der Waals surface area contributed by atoms with E-state index in [-0.39, 0.29) is 17.9 Å². The zero-order chi connectivity index (χ0) is 13.1. The second-order valence-electron chi connectivity index (χ2n) is 3.96. The summed E-state index contributed by atoms with van der Waals surface area (Å²) >= 11 is 0. The van der Waals surface area contributed by atoms with E-state index in [0.717, 1.165) is 5.56 Å². The third-order valence-electron chi connectivity index (χ3n) is 2.74. The van der Waals surface area contributed by atoms with Crippen molar-refractivity contribution in [2.75, 3.05) is 13.7 Å². The molecule has 1 amide bonds. The molecule has 0 saturated heterocycles. The Labute approximate surface area is 104 Å². The minimum absolute atomic E-state index is 0.0398. The summed E-state index contributed by atoms with van der Waals surface area (Å²) in [5.41, 5.74) is 0.665. The van der Waals surface area contributed by atoms with E-state index in [2.05, 4.69) is 4.74 Å². The first-order chi connectivity index (χ1) is 8.63. The molecule has 5 nitrogen and oxygen atoms in total. The van der Waals surface area contributed by atoms with Crippen LogP contribution in [0, 0.1) is 0 Å². The van der Waals surface area contributed by atoms with Gasteiger partial charge in [0.15, 0.2) is 5.57 Å². The number of aliphatic hydroxyl groups is 1. The lowest BCUT2D eigenvalue weighted by Crippen LogP contribution is -2.28. The SMILES string of the molecule is COC(=O)C1=C(O)CN(Cc2ccccc2)C1=O. The first kappa shape index (κ1) is 12.2. The maximum atomic E-state index is 11.9. The lowest BCUT2D eigenvalue weighted by molar-refractivity contribution is -0.139. The Morgan fingerprint density at radius 3 is 2.67 bits per heavy atom. The summed E-state index contributed by atoms with van der Waals surface area (Å²) in [6, 6.07) is 9.36.